The van der Waals surface area contributed by atoms with E-state index in [0.29, 0.717) is 0 Å². The molecule has 7 heteroatoms. The molecule has 8 heavy (non-hydrogen) atoms. The standard InChI is InChI=1S/CH4NO4P.Mn/c2-1(3)7(4,5)6;/h(H2,2,3)(H2,4,5,6);/q;+2/p-1. The van der Waals surface area contributed by atoms with Crippen molar-refractivity contribution in [1.82, 2.24) is 0 Å². The van der Waals surface area contributed by atoms with Crippen LogP contribution in [0.5, 0.6) is 0 Å². The van der Waals surface area contributed by atoms with Gasteiger partial charge in [-0.15, -0.1) is 0 Å². The molecule has 0 unspecified atom stereocenters. The average molecular weight is 179 g/mol. The van der Waals surface area contributed by atoms with Crippen LogP contribution in [-0.4, -0.2) is 5.65 Å². The molecular weight excluding hydrogens is 176 g/mol. The van der Waals surface area contributed by atoms with Crippen molar-refractivity contribution in [2.75, 3.05) is 0 Å². The van der Waals surface area contributed by atoms with Crippen molar-refractivity contribution in [3.63, 3.8) is 0 Å². The van der Waals surface area contributed by atoms with Gasteiger partial charge in [0.05, 0.1) is 0 Å². The molecule has 5 nitrogen and oxygen atoms in total. The van der Waals surface area contributed by atoms with Gasteiger partial charge in [0.1, 0.15) is 0 Å². The monoisotopic (exact) mass is 179 g/mol. The van der Waals surface area contributed by atoms with Crippen LogP contribution in [0.25, 0.3) is 0 Å². The average Bonchev–Trinajstić information content (AvgIpc) is 1.31. The molecule has 1 amide bonds. The van der Waals surface area contributed by atoms with Crippen LogP contribution in [0.3, 0.4) is 0 Å². The fourth-order valence-electron chi connectivity index (χ4n) is 0. The van der Waals surface area contributed by atoms with Crippen molar-refractivity contribution in [3.05, 3.63) is 0 Å². The molecule has 0 aliphatic carbocycles. The first-order chi connectivity index (χ1) is 2.94. The van der Waals surface area contributed by atoms with Crippen LogP contribution in [0.1, 0.15) is 1.43 Å². The molecule has 0 spiro atoms. The molecule has 0 rings (SSSR count). The zero-order valence-corrected chi connectivity index (χ0v) is 5.61. The van der Waals surface area contributed by atoms with Gasteiger partial charge in [-0.2, -0.15) is 0 Å². The summed E-state index contributed by atoms with van der Waals surface area (Å²) in [7, 11) is -5.10. The van der Waals surface area contributed by atoms with Crippen LogP contribution in [0, 0.1) is 0 Å². The Morgan fingerprint density at radius 2 is 1.75 bits per heavy atom. The second-order valence-corrected chi connectivity index (χ2v) is 2.27. The molecule has 0 saturated heterocycles. The van der Waals surface area contributed by atoms with Gasteiger partial charge in [-0.25, -0.2) is 0 Å². The van der Waals surface area contributed by atoms with E-state index in [-0.39, 0.29) is 18.5 Å². The van der Waals surface area contributed by atoms with Crippen molar-refractivity contribution >= 4 is 13.2 Å². The number of hydrogen-bond acceptors (Lipinski definition) is 4. The van der Waals surface area contributed by atoms with Crippen LogP contribution in [0.15, 0.2) is 0 Å². The van der Waals surface area contributed by atoms with Gasteiger partial charge in [-0.1, -0.05) is 0 Å². The van der Waals surface area contributed by atoms with Gasteiger partial charge in [0.2, 0.25) is 5.65 Å². The molecule has 2 N–H and O–H groups in total. The summed E-state index contributed by atoms with van der Waals surface area (Å²) in [6, 6.07) is 0. The van der Waals surface area contributed by atoms with E-state index in [4.69, 9.17) is 0 Å². The van der Waals surface area contributed by atoms with Crippen LogP contribution in [0.4, 0.5) is 4.79 Å². The van der Waals surface area contributed by atoms with Crippen LogP contribution in [-0.2, 0) is 21.6 Å². The van der Waals surface area contributed by atoms with Gasteiger partial charge >= 0.3 is 18.5 Å². The largest absolute Gasteiger partial charge is 2.00 e. The minimum Gasteiger partial charge on any atom is -0.804 e. The van der Waals surface area contributed by atoms with Crippen molar-refractivity contribution < 1.29 is 37.6 Å². The first-order valence-electron chi connectivity index (χ1n) is 1.26. The topological polar surface area (TPSA) is 106 Å². The molecule has 0 aromatic rings. The second-order valence-electron chi connectivity index (χ2n) is 0.836. The summed E-state index contributed by atoms with van der Waals surface area (Å²) in [5.74, 6) is 0. The maximum atomic E-state index is 9.35. The molecule has 0 aliphatic rings. The molecule has 1 radical (unpaired) electrons. The fourth-order valence-corrected chi connectivity index (χ4v) is 0. The van der Waals surface area contributed by atoms with E-state index in [1.165, 1.54) is 0 Å². The molecule has 0 fully saturated rings. The van der Waals surface area contributed by atoms with Crippen molar-refractivity contribution in [1.29, 1.82) is 0 Å². The Kier molecular flexibility index (Phi) is 4.43. The van der Waals surface area contributed by atoms with E-state index >= 15 is 0 Å². The minimum atomic E-state index is -5.10. The van der Waals surface area contributed by atoms with Crippen LogP contribution < -0.4 is 15.5 Å². The first-order valence-corrected chi connectivity index (χ1v) is 2.81. The van der Waals surface area contributed by atoms with Gasteiger partial charge in [0, 0.05) is 7.60 Å². The SMILES string of the molecule is NC(=O)P(=O)([O-])[O-].[H+].[Mn+2]. The number of carbonyl (C=O) groups is 1. The van der Waals surface area contributed by atoms with E-state index in [1.54, 1.807) is 0 Å². The maximum Gasteiger partial charge on any atom is 2.00 e. The Hall–Kier alpha value is 0.139. The molecule has 0 aromatic carbocycles. The summed E-state index contributed by atoms with van der Waals surface area (Å²) in [4.78, 5) is 28.0. The van der Waals surface area contributed by atoms with E-state index in [2.05, 4.69) is 5.73 Å². The summed E-state index contributed by atoms with van der Waals surface area (Å²) in [6.07, 6.45) is 0. The third-order valence-corrected chi connectivity index (χ3v) is 0.810. The number of carbonyl (C=O) groups excluding carboxylic acids is 1. The van der Waals surface area contributed by atoms with Gasteiger partial charge in [0.15, 0.2) is 0 Å². The Bertz CT molecular complexity index is 133. The zero-order valence-electron chi connectivity index (χ0n) is 4.54. The van der Waals surface area contributed by atoms with Gasteiger partial charge in [-0.3, -0.25) is 4.79 Å². The zero-order chi connectivity index (χ0) is 6.08. The quantitative estimate of drug-likeness (QED) is 0.374. The third-order valence-electron chi connectivity index (χ3n) is 0.270. The number of hydrogen-bond donors (Lipinski definition) is 1. The summed E-state index contributed by atoms with van der Waals surface area (Å²) in [5, 5.41) is 0. The van der Waals surface area contributed by atoms with Gasteiger partial charge in [0.25, 0.3) is 0 Å². The third kappa shape index (κ3) is 4.30. The van der Waals surface area contributed by atoms with E-state index in [0.717, 1.165) is 0 Å². The van der Waals surface area contributed by atoms with Crippen molar-refractivity contribution in [2.24, 2.45) is 5.73 Å². The van der Waals surface area contributed by atoms with Crippen molar-refractivity contribution in [3.8, 4) is 0 Å². The Labute approximate surface area is 57.4 Å². The number of rotatable bonds is 1. The second kappa shape index (κ2) is 3.22. The minimum absolute atomic E-state index is 0. The van der Waals surface area contributed by atoms with E-state index < -0.39 is 13.2 Å². The summed E-state index contributed by atoms with van der Waals surface area (Å²) >= 11 is 0. The summed E-state index contributed by atoms with van der Waals surface area (Å²) in [5.41, 5.74) is 2.23. The summed E-state index contributed by atoms with van der Waals surface area (Å²) in [6.45, 7) is 0. The molecule has 0 saturated carbocycles. The Balaban J connectivity index is -0.000000180. The van der Waals surface area contributed by atoms with Crippen LogP contribution in [0.2, 0.25) is 0 Å². The molecule has 0 heterocycles. The maximum absolute atomic E-state index is 9.35. The predicted octanol–water partition coefficient (Wildman–Crippen LogP) is -1.91. The smallest absolute Gasteiger partial charge is 0.804 e. The molecule has 0 atom stereocenters. The molecule has 0 aromatic heterocycles. The first kappa shape index (κ1) is 11.0. The number of nitrogens with two attached hydrogens (primary N) is 1. The molecule has 0 bridgehead atoms. The van der Waals surface area contributed by atoms with E-state index in [9.17, 15) is 19.1 Å². The number of amides is 1. The molecule has 0 aliphatic heterocycles. The van der Waals surface area contributed by atoms with Gasteiger partial charge < -0.3 is 20.1 Å². The molecular formula is CH3MnNO4P+. The Morgan fingerprint density at radius 1 is 1.62 bits per heavy atom. The normalized spacial score (nSPS) is 9.75. The number of primary amides is 1. The summed E-state index contributed by atoms with van der Waals surface area (Å²) < 4.78 is 9.33. The fraction of sp³-hybridized carbons (Fsp3) is 0. The Morgan fingerprint density at radius 3 is 1.75 bits per heavy atom. The predicted molar refractivity (Wildman–Crippen MR) is 18.3 cm³/mol. The van der Waals surface area contributed by atoms with Crippen molar-refractivity contribution in [2.45, 2.75) is 0 Å². The van der Waals surface area contributed by atoms with Crippen LogP contribution >= 0.6 is 7.60 Å². The molecule has 47 valence electrons. The van der Waals surface area contributed by atoms with E-state index in [1.807, 2.05) is 0 Å². The van der Waals surface area contributed by atoms with Gasteiger partial charge in [-0.05, 0) is 0 Å².